The summed E-state index contributed by atoms with van der Waals surface area (Å²) in [5.74, 6) is -0.360. The monoisotopic (exact) mass is 450 g/mol. The van der Waals surface area contributed by atoms with Gasteiger partial charge in [-0.25, -0.2) is 0 Å². The van der Waals surface area contributed by atoms with Gasteiger partial charge in [0.1, 0.15) is 0 Å². The molecule has 0 aromatic heterocycles. The SMILES string of the molecule is CCC(C)NC(=O)c1cccc(NC(=O)CNc2cccc(C(=O)N3CCCCCC3)c2)c1. The summed E-state index contributed by atoms with van der Waals surface area (Å²) in [6.45, 7) is 5.60. The second-order valence-electron chi connectivity index (χ2n) is 8.55. The Morgan fingerprint density at radius 3 is 2.24 bits per heavy atom. The second-order valence-corrected chi connectivity index (χ2v) is 8.55. The molecule has 2 aromatic carbocycles. The van der Waals surface area contributed by atoms with Gasteiger partial charge >= 0.3 is 0 Å². The largest absolute Gasteiger partial charge is 0.376 e. The van der Waals surface area contributed by atoms with Crippen LogP contribution in [0.25, 0.3) is 0 Å². The zero-order chi connectivity index (χ0) is 23.6. The van der Waals surface area contributed by atoms with Crippen LogP contribution in [-0.2, 0) is 4.79 Å². The van der Waals surface area contributed by atoms with E-state index in [4.69, 9.17) is 0 Å². The highest BCUT2D eigenvalue weighted by Gasteiger charge is 2.17. The normalized spacial score (nSPS) is 14.7. The molecule has 2 aromatic rings. The van der Waals surface area contributed by atoms with E-state index in [0.29, 0.717) is 22.5 Å². The molecule has 1 fully saturated rings. The molecule has 0 radical (unpaired) electrons. The van der Waals surface area contributed by atoms with Crippen molar-refractivity contribution >= 4 is 29.1 Å². The minimum absolute atomic E-state index is 0.0393. The number of nitrogens with zero attached hydrogens (tertiary/aromatic N) is 1. The number of anilines is 2. The van der Waals surface area contributed by atoms with E-state index >= 15 is 0 Å². The number of likely N-dealkylation sites (tertiary alicyclic amines) is 1. The third-order valence-electron chi connectivity index (χ3n) is 5.85. The Hall–Kier alpha value is -3.35. The van der Waals surface area contributed by atoms with Crippen LogP contribution in [0.15, 0.2) is 48.5 Å². The third-order valence-corrected chi connectivity index (χ3v) is 5.85. The highest BCUT2D eigenvalue weighted by molar-refractivity contribution is 5.98. The fourth-order valence-corrected chi connectivity index (χ4v) is 3.75. The van der Waals surface area contributed by atoms with Crippen molar-refractivity contribution in [3.63, 3.8) is 0 Å². The zero-order valence-corrected chi connectivity index (χ0v) is 19.5. The van der Waals surface area contributed by atoms with Crippen LogP contribution in [0.2, 0.25) is 0 Å². The van der Waals surface area contributed by atoms with Crippen LogP contribution in [0.1, 0.15) is 66.7 Å². The molecule has 0 spiro atoms. The molecule has 3 amide bonds. The van der Waals surface area contributed by atoms with E-state index in [0.717, 1.165) is 32.4 Å². The van der Waals surface area contributed by atoms with E-state index in [9.17, 15) is 14.4 Å². The van der Waals surface area contributed by atoms with Gasteiger partial charge in [-0.05, 0) is 62.6 Å². The standard InChI is InChI=1S/C26H34N4O3/c1-3-19(2)28-25(32)20-10-8-13-23(16-20)29-24(31)18-27-22-12-9-11-21(17-22)26(33)30-14-6-4-5-7-15-30/h8-13,16-17,19,27H,3-7,14-15,18H2,1-2H3,(H,28,32)(H,29,31). The Morgan fingerprint density at radius 2 is 1.55 bits per heavy atom. The van der Waals surface area contributed by atoms with Crippen LogP contribution in [0.4, 0.5) is 11.4 Å². The van der Waals surface area contributed by atoms with E-state index in [2.05, 4.69) is 16.0 Å². The first-order chi connectivity index (χ1) is 16.0. The van der Waals surface area contributed by atoms with Gasteiger partial charge < -0.3 is 20.9 Å². The second kappa shape index (κ2) is 12.0. The zero-order valence-electron chi connectivity index (χ0n) is 19.5. The maximum atomic E-state index is 12.8. The van der Waals surface area contributed by atoms with Crippen LogP contribution in [-0.4, -0.2) is 48.3 Å². The molecule has 1 aliphatic rings. The van der Waals surface area contributed by atoms with Crippen LogP contribution in [0.3, 0.4) is 0 Å². The van der Waals surface area contributed by atoms with Gasteiger partial charge in [0.2, 0.25) is 5.91 Å². The molecule has 1 aliphatic heterocycles. The maximum Gasteiger partial charge on any atom is 0.253 e. The molecule has 1 unspecified atom stereocenters. The minimum atomic E-state index is -0.237. The van der Waals surface area contributed by atoms with Crippen molar-refractivity contribution in [2.75, 3.05) is 30.3 Å². The average Bonchev–Trinajstić information content (AvgIpc) is 3.12. The van der Waals surface area contributed by atoms with Gasteiger partial charge in [-0.2, -0.15) is 0 Å². The van der Waals surface area contributed by atoms with Crippen LogP contribution < -0.4 is 16.0 Å². The van der Waals surface area contributed by atoms with Gasteiger partial charge in [-0.15, -0.1) is 0 Å². The number of rotatable bonds is 8. The number of amides is 3. The minimum Gasteiger partial charge on any atom is -0.376 e. The predicted octanol–water partition coefficient (Wildman–Crippen LogP) is 4.28. The Kier molecular flexibility index (Phi) is 8.87. The van der Waals surface area contributed by atoms with Crippen molar-refractivity contribution in [1.82, 2.24) is 10.2 Å². The molecule has 7 nitrogen and oxygen atoms in total. The first kappa shape index (κ1) is 24.3. The molecule has 1 saturated heterocycles. The van der Waals surface area contributed by atoms with Crippen molar-refractivity contribution in [2.45, 2.75) is 52.0 Å². The van der Waals surface area contributed by atoms with Gasteiger partial charge in [0.15, 0.2) is 0 Å². The molecule has 3 N–H and O–H groups in total. The lowest BCUT2D eigenvalue weighted by Crippen LogP contribution is -2.32. The number of carbonyl (C=O) groups excluding carboxylic acids is 3. The van der Waals surface area contributed by atoms with Crippen molar-refractivity contribution in [3.8, 4) is 0 Å². The summed E-state index contributed by atoms with van der Waals surface area (Å²) < 4.78 is 0. The molecule has 0 saturated carbocycles. The maximum absolute atomic E-state index is 12.8. The van der Waals surface area contributed by atoms with E-state index in [1.807, 2.05) is 36.9 Å². The topological polar surface area (TPSA) is 90.5 Å². The summed E-state index contributed by atoms with van der Waals surface area (Å²) in [6, 6.07) is 14.2. The smallest absolute Gasteiger partial charge is 0.253 e. The molecule has 0 bridgehead atoms. The lowest BCUT2D eigenvalue weighted by atomic mass is 10.1. The molecule has 0 aliphatic carbocycles. The number of benzene rings is 2. The van der Waals surface area contributed by atoms with Crippen LogP contribution in [0.5, 0.6) is 0 Å². The Morgan fingerprint density at radius 1 is 0.909 bits per heavy atom. The highest BCUT2D eigenvalue weighted by atomic mass is 16.2. The average molecular weight is 451 g/mol. The van der Waals surface area contributed by atoms with Gasteiger partial charge in [-0.1, -0.05) is 31.9 Å². The Bertz CT molecular complexity index is 968. The van der Waals surface area contributed by atoms with Gasteiger partial charge in [0.25, 0.3) is 11.8 Å². The van der Waals surface area contributed by atoms with Crippen molar-refractivity contribution in [2.24, 2.45) is 0 Å². The highest BCUT2D eigenvalue weighted by Crippen LogP contribution is 2.17. The van der Waals surface area contributed by atoms with Gasteiger partial charge in [-0.3, -0.25) is 14.4 Å². The molecule has 7 heteroatoms. The molecule has 33 heavy (non-hydrogen) atoms. The Balaban J connectivity index is 1.55. The number of nitrogens with one attached hydrogen (secondary N) is 3. The van der Waals surface area contributed by atoms with Crippen molar-refractivity contribution < 1.29 is 14.4 Å². The molecular formula is C26H34N4O3. The van der Waals surface area contributed by atoms with Crippen LogP contribution >= 0.6 is 0 Å². The lowest BCUT2D eigenvalue weighted by molar-refractivity contribution is -0.114. The van der Waals surface area contributed by atoms with Crippen LogP contribution in [0, 0.1) is 0 Å². The summed E-state index contributed by atoms with van der Waals surface area (Å²) in [5, 5.41) is 8.82. The fraction of sp³-hybridized carbons (Fsp3) is 0.423. The first-order valence-electron chi connectivity index (χ1n) is 11.8. The summed E-state index contributed by atoms with van der Waals surface area (Å²) in [5.41, 5.74) is 2.40. The molecule has 1 atom stereocenters. The quantitative estimate of drug-likeness (QED) is 0.560. The van der Waals surface area contributed by atoms with E-state index in [1.165, 1.54) is 12.8 Å². The summed E-state index contributed by atoms with van der Waals surface area (Å²) in [4.78, 5) is 39.5. The predicted molar refractivity (Wildman–Crippen MR) is 132 cm³/mol. The summed E-state index contributed by atoms with van der Waals surface area (Å²) in [7, 11) is 0. The van der Waals surface area contributed by atoms with Gasteiger partial charge in [0.05, 0.1) is 6.54 Å². The lowest BCUT2D eigenvalue weighted by Gasteiger charge is -2.20. The summed E-state index contributed by atoms with van der Waals surface area (Å²) >= 11 is 0. The molecular weight excluding hydrogens is 416 g/mol. The van der Waals surface area contributed by atoms with E-state index in [1.54, 1.807) is 30.3 Å². The molecule has 176 valence electrons. The third kappa shape index (κ3) is 7.34. The Labute approximate surface area is 195 Å². The van der Waals surface area contributed by atoms with Crippen molar-refractivity contribution in [1.29, 1.82) is 0 Å². The molecule has 1 heterocycles. The van der Waals surface area contributed by atoms with E-state index in [-0.39, 0.29) is 30.3 Å². The van der Waals surface area contributed by atoms with Crippen molar-refractivity contribution in [3.05, 3.63) is 59.7 Å². The summed E-state index contributed by atoms with van der Waals surface area (Å²) in [6.07, 6.45) is 5.28. The first-order valence-corrected chi connectivity index (χ1v) is 11.8. The number of hydrogen-bond donors (Lipinski definition) is 3. The number of carbonyl (C=O) groups is 3. The van der Waals surface area contributed by atoms with E-state index < -0.39 is 0 Å². The van der Waals surface area contributed by atoms with Gasteiger partial charge in [0, 0.05) is 41.6 Å². The fourth-order valence-electron chi connectivity index (χ4n) is 3.75. The number of hydrogen-bond acceptors (Lipinski definition) is 4. The molecule has 3 rings (SSSR count).